The smallest absolute Gasteiger partial charge is 0.312 e. The number of nitrogens with zero attached hydrogens (tertiary/aromatic N) is 1. The van der Waals surface area contributed by atoms with Crippen LogP contribution in [0.15, 0.2) is 11.0 Å². The van der Waals surface area contributed by atoms with Gasteiger partial charge in [0.05, 0.1) is 0 Å². The van der Waals surface area contributed by atoms with Crippen LogP contribution in [0.25, 0.3) is 0 Å². The van der Waals surface area contributed by atoms with Crippen molar-refractivity contribution < 1.29 is 13.2 Å². The number of hydrogen-bond donors (Lipinski definition) is 1. The number of halogens is 3. The summed E-state index contributed by atoms with van der Waals surface area (Å²) in [5, 5.41) is 0. The van der Waals surface area contributed by atoms with E-state index in [2.05, 4.69) is 4.98 Å². The molecule has 0 aliphatic carbocycles. The highest BCUT2D eigenvalue weighted by molar-refractivity contribution is 5.34. The Morgan fingerprint density at radius 3 is 2.50 bits per heavy atom. The van der Waals surface area contributed by atoms with Gasteiger partial charge in [0.1, 0.15) is 5.56 Å². The number of aromatic amines is 1. The molecule has 0 fully saturated rings. The summed E-state index contributed by atoms with van der Waals surface area (Å²) in [5.74, 6) is -1.06. The first-order valence-corrected chi connectivity index (χ1v) is 2.80. The number of hydrogen-bond acceptors (Lipinski definition) is 2. The first-order valence-electron chi connectivity index (χ1n) is 2.80. The fourth-order valence-corrected chi connectivity index (χ4v) is 0.612. The number of alkyl halides is 3. The fourth-order valence-electron chi connectivity index (χ4n) is 0.612. The average Bonchev–Trinajstić information content (AvgIpc) is 1.83. The Morgan fingerprint density at radius 2 is 2.08 bits per heavy atom. The molecule has 0 unspecified atom stereocenters. The first-order chi connectivity index (χ1) is 5.41. The first kappa shape index (κ1) is 8.57. The second kappa shape index (κ2) is 2.50. The third-order valence-corrected chi connectivity index (χ3v) is 1.11. The molecule has 4 nitrogen and oxygen atoms in total. The minimum absolute atomic E-state index is 0.428. The molecule has 0 amide bonds. The standard InChI is InChI=1S/C5H3F3N3O/c6-5(7,8)2-1-10-4(12)11-3(2)9/h1,9H,(H,10,11,12). The van der Waals surface area contributed by atoms with Crippen LogP contribution in [0.5, 0.6) is 0 Å². The summed E-state index contributed by atoms with van der Waals surface area (Å²) in [6.45, 7) is 0. The van der Waals surface area contributed by atoms with Gasteiger partial charge in [0.2, 0.25) is 0 Å². The summed E-state index contributed by atoms with van der Waals surface area (Å²) in [6, 6.07) is 0. The monoisotopic (exact) mass is 178 g/mol. The van der Waals surface area contributed by atoms with Gasteiger partial charge in [0.15, 0.2) is 5.82 Å². The summed E-state index contributed by atoms with van der Waals surface area (Å²) in [5.41, 5.74) is 4.50. The second-order valence-electron chi connectivity index (χ2n) is 1.97. The van der Waals surface area contributed by atoms with Crippen LogP contribution in [0.2, 0.25) is 0 Å². The molecule has 2 N–H and O–H groups in total. The molecule has 7 heteroatoms. The van der Waals surface area contributed by atoms with E-state index in [1.165, 1.54) is 0 Å². The highest BCUT2D eigenvalue weighted by Crippen LogP contribution is 2.31. The zero-order valence-electron chi connectivity index (χ0n) is 5.57. The van der Waals surface area contributed by atoms with Crippen LogP contribution in [0.3, 0.4) is 0 Å². The maximum absolute atomic E-state index is 11.9. The molecular weight excluding hydrogens is 175 g/mol. The van der Waals surface area contributed by atoms with E-state index in [4.69, 9.17) is 5.73 Å². The predicted molar refractivity (Wildman–Crippen MR) is 32.6 cm³/mol. The normalized spacial score (nSPS) is 11.6. The maximum Gasteiger partial charge on any atom is 0.421 e. The van der Waals surface area contributed by atoms with Crippen molar-refractivity contribution >= 4 is 5.82 Å². The van der Waals surface area contributed by atoms with Crippen molar-refractivity contribution in [1.82, 2.24) is 15.7 Å². The molecule has 0 aromatic carbocycles. The van der Waals surface area contributed by atoms with Crippen molar-refractivity contribution in [2.45, 2.75) is 6.18 Å². The molecule has 0 atom stereocenters. The topological polar surface area (TPSA) is 69.5 Å². The largest absolute Gasteiger partial charge is 0.421 e. The van der Waals surface area contributed by atoms with E-state index in [1.807, 2.05) is 0 Å². The minimum atomic E-state index is -4.64. The average molecular weight is 178 g/mol. The van der Waals surface area contributed by atoms with Gasteiger partial charge in [0, 0.05) is 6.20 Å². The Labute approximate surface area is 64.2 Å². The molecule has 65 valence electrons. The Morgan fingerprint density at radius 1 is 1.50 bits per heavy atom. The molecule has 1 rings (SSSR count). The molecule has 0 aliphatic rings. The van der Waals surface area contributed by atoms with Crippen LogP contribution < -0.4 is 11.4 Å². The molecular formula is C5H3F3N3O. The van der Waals surface area contributed by atoms with E-state index in [-0.39, 0.29) is 0 Å². The van der Waals surface area contributed by atoms with E-state index in [0.717, 1.165) is 0 Å². The second-order valence-corrected chi connectivity index (χ2v) is 1.97. The molecule has 0 spiro atoms. The van der Waals surface area contributed by atoms with Gasteiger partial charge in [-0.05, 0) is 0 Å². The van der Waals surface area contributed by atoms with Crippen LogP contribution in [-0.4, -0.2) is 9.97 Å². The predicted octanol–water partition coefficient (Wildman–Crippen LogP) is 0.703. The molecule has 1 aromatic rings. The third kappa shape index (κ3) is 1.55. The van der Waals surface area contributed by atoms with Crippen LogP contribution in [0.1, 0.15) is 5.56 Å². The van der Waals surface area contributed by atoms with E-state index in [9.17, 15) is 18.0 Å². The minimum Gasteiger partial charge on any atom is -0.312 e. The van der Waals surface area contributed by atoms with Crippen molar-refractivity contribution in [2.24, 2.45) is 0 Å². The lowest BCUT2D eigenvalue weighted by molar-refractivity contribution is -0.137. The molecule has 1 heterocycles. The van der Waals surface area contributed by atoms with Gasteiger partial charge in [0.25, 0.3) is 0 Å². The summed E-state index contributed by atoms with van der Waals surface area (Å²) >= 11 is 0. The van der Waals surface area contributed by atoms with Crippen LogP contribution >= 0.6 is 0 Å². The zero-order valence-corrected chi connectivity index (χ0v) is 5.57. The van der Waals surface area contributed by atoms with Crippen LogP contribution in [0, 0.1) is 0 Å². The summed E-state index contributed by atoms with van der Waals surface area (Å²) in [4.78, 5) is 14.8. The quantitative estimate of drug-likeness (QED) is 0.635. The van der Waals surface area contributed by atoms with E-state index in [0.29, 0.717) is 6.20 Å². The van der Waals surface area contributed by atoms with Crippen molar-refractivity contribution in [2.75, 3.05) is 0 Å². The number of nitrogens with one attached hydrogen (secondary N) is 2. The third-order valence-electron chi connectivity index (χ3n) is 1.11. The Hall–Kier alpha value is -1.53. The Balaban J connectivity index is 3.28. The summed E-state index contributed by atoms with van der Waals surface area (Å²) < 4.78 is 35.7. The van der Waals surface area contributed by atoms with Gasteiger partial charge in [-0.15, -0.1) is 0 Å². The molecule has 1 radical (unpaired) electrons. The van der Waals surface area contributed by atoms with Gasteiger partial charge in [-0.3, -0.25) is 5.73 Å². The molecule has 0 bridgehead atoms. The fraction of sp³-hybridized carbons (Fsp3) is 0.200. The molecule has 0 saturated heterocycles. The number of aromatic nitrogens is 2. The lowest BCUT2D eigenvalue weighted by Crippen LogP contribution is -2.16. The Kier molecular flexibility index (Phi) is 1.79. The van der Waals surface area contributed by atoms with Gasteiger partial charge in [-0.1, -0.05) is 0 Å². The summed E-state index contributed by atoms with van der Waals surface area (Å²) in [6.07, 6.45) is -4.22. The van der Waals surface area contributed by atoms with Crippen LogP contribution in [-0.2, 0) is 6.18 Å². The SMILES string of the molecule is [NH]c1nc(=O)[nH]cc1C(F)(F)F. The van der Waals surface area contributed by atoms with Crippen LogP contribution in [0.4, 0.5) is 19.0 Å². The zero-order chi connectivity index (χ0) is 9.35. The van der Waals surface area contributed by atoms with Crippen molar-refractivity contribution in [1.29, 1.82) is 0 Å². The van der Waals surface area contributed by atoms with E-state index in [1.54, 1.807) is 4.98 Å². The molecule has 0 aliphatic heterocycles. The Bertz CT molecular complexity index is 343. The van der Waals surface area contributed by atoms with E-state index < -0.39 is 23.2 Å². The lowest BCUT2D eigenvalue weighted by atomic mass is 10.3. The molecule has 1 aromatic heterocycles. The van der Waals surface area contributed by atoms with Gasteiger partial charge < -0.3 is 4.98 Å². The van der Waals surface area contributed by atoms with Crippen molar-refractivity contribution in [3.63, 3.8) is 0 Å². The molecule has 0 saturated carbocycles. The van der Waals surface area contributed by atoms with E-state index >= 15 is 0 Å². The summed E-state index contributed by atoms with van der Waals surface area (Å²) in [7, 11) is 0. The maximum atomic E-state index is 11.9. The molecule has 12 heavy (non-hydrogen) atoms. The highest BCUT2D eigenvalue weighted by Gasteiger charge is 2.34. The van der Waals surface area contributed by atoms with Crippen molar-refractivity contribution in [3.8, 4) is 0 Å². The van der Waals surface area contributed by atoms with Gasteiger partial charge >= 0.3 is 11.9 Å². The number of rotatable bonds is 0. The lowest BCUT2D eigenvalue weighted by Gasteiger charge is -2.05. The highest BCUT2D eigenvalue weighted by atomic mass is 19.4. The van der Waals surface area contributed by atoms with Crippen molar-refractivity contribution in [3.05, 3.63) is 22.2 Å². The van der Waals surface area contributed by atoms with Gasteiger partial charge in [-0.2, -0.15) is 18.2 Å². The number of H-pyrrole nitrogens is 1. The van der Waals surface area contributed by atoms with Gasteiger partial charge in [-0.25, -0.2) is 4.79 Å².